The van der Waals surface area contributed by atoms with Gasteiger partial charge in [0.05, 0.1) is 0 Å². The average molecular weight is 602 g/mol. The highest BCUT2D eigenvalue weighted by Crippen LogP contribution is 2.38. The summed E-state index contributed by atoms with van der Waals surface area (Å²) in [5.41, 5.74) is 6.23. The van der Waals surface area contributed by atoms with Crippen LogP contribution in [0.25, 0.3) is 10.8 Å². The molecule has 0 spiro atoms. The van der Waals surface area contributed by atoms with Gasteiger partial charge in [-0.2, -0.15) is 0 Å². The molecule has 2 aromatic carbocycles. The number of carbonyl (C=O) groups is 5. The molecular weight excluding hydrogens is 564 g/mol. The Hall–Kier alpha value is -4.29. The molecule has 1 aliphatic carbocycles. The lowest BCUT2D eigenvalue weighted by Crippen LogP contribution is -2.57. The summed E-state index contributed by atoms with van der Waals surface area (Å²) in [7, 11) is 0. The smallest absolute Gasteiger partial charge is 0.405 e. The van der Waals surface area contributed by atoms with Gasteiger partial charge in [0.2, 0.25) is 29.6 Å². The van der Waals surface area contributed by atoms with Crippen molar-refractivity contribution in [2.75, 3.05) is 6.54 Å². The van der Waals surface area contributed by atoms with Gasteiger partial charge in [0.25, 0.3) is 0 Å². The van der Waals surface area contributed by atoms with Crippen molar-refractivity contribution in [2.45, 2.75) is 75.4 Å². The molecule has 7 N–H and O–H groups in total. The predicted octanol–water partition coefficient (Wildman–Crippen LogP) is 2.22. The molecular formula is C30H37F2N5O6. The fourth-order valence-electron chi connectivity index (χ4n) is 5.89. The first-order valence-electron chi connectivity index (χ1n) is 14.4. The highest BCUT2D eigenvalue weighted by atomic mass is 19.3. The lowest BCUT2D eigenvalue weighted by molar-refractivity contribution is -0.133. The topological polar surface area (TPSA) is 180 Å². The van der Waals surface area contributed by atoms with E-state index in [0.717, 1.165) is 10.8 Å². The summed E-state index contributed by atoms with van der Waals surface area (Å²) < 4.78 is 27.6. The second kappa shape index (κ2) is 13.8. The van der Waals surface area contributed by atoms with Gasteiger partial charge in [0, 0.05) is 31.7 Å². The monoisotopic (exact) mass is 601 g/mol. The first-order chi connectivity index (χ1) is 20.4. The molecule has 1 saturated heterocycles. The van der Waals surface area contributed by atoms with E-state index in [1.165, 1.54) is 0 Å². The Balaban J connectivity index is 1.54. The largest absolute Gasteiger partial charge is 0.465 e. The molecule has 43 heavy (non-hydrogen) atoms. The molecule has 0 radical (unpaired) electrons. The molecule has 0 aromatic heterocycles. The maximum absolute atomic E-state index is 13.8. The number of carbonyl (C=O) groups excluding carboxylic acids is 4. The van der Waals surface area contributed by atoms with Crippen LogP contribution >= 0.6 is 0 Å². The third-order valence-electron chi connectivity index (χ3n) is 8.30. The van der Waals surface area contributed by atoms with Crippen LogP contribution in [0.1, 0.15) is 50.5 Å². The number of benzene rings is 2. The van der Waals surface area contributed by atoms with E-state index in [-0.39, 0.29) is 56.8 Å². The van der Waals surface area contributed by atoms with Gasteiger partial charge in [-0.25, -0.2) is 13.6 Å². The van der Waals surface area contributed by atoms with Crippen molar-refractivity contribution in [1.82, 2.24) is 21.3 Å². The molecule has 232 valence electrons. The Kier molecular flexibility index (Phi) is 10.1. The first-order valence-corrected chi connectivity index (χ1v) is 14.4. The maximum Gasteiger partial charge on any atom is 0.405 e. The molecule has 1 unspecified atom stereocenters. The standard InChI is InChI=1S/C30H37F2N5O6/c31-30(32)11-8-17(9-12-30)14-23(27(40)35-22(25(33)38)16-20-10-13-34-26(20)39)36-28(41)24(37-29(42)43)15-19-6-3-5-18-4-1-2-7-21(18)19/h1-7,17,20,22-24,37H,8-16H2,(H2,33,38)(H,34,39)(H,35,40)(H,36,41)(H,42,43)/t20-,22-,23?,24-/m0/s1. The molecule has 2 aromatic rings. The Labute approximate surface area is 247 Å². The van der Waals surface area contributed by atoms with E-state index in [9.17, 15) is 37.9 Å². The van der Waals surface area contributed by atoms with Gasteiger partial charge in [-0.1, -0.05) is 42.5 Å². The molecule has 2 fully saturated rings. The minimum absolute atomic E-state index is 0.00287. The number of hydrogen-bond acceptors (Lipinski definition) is 5. The molecule has 1 heterocycles. The van der Waals surface area contributed by atoms with Crippen molar-refractivity contribution in [1.29, 1.82) is 0 Å². The number of amides is 5. The van der Waals surface area contributed by atoms with Gasteiger partial charge >= 0.3 is 6.09 Å². The summed E-state index contributed by atoms with van der Waals surface area (Å²) in [5, 5.41) is 21.2. The van der Waals surface area contributed by atoms with Gasteiger partial charge in [-0.15, -0.1) is 0 Å². The Bertz CT molecular complexity index is 1360. The summed E-state index contributed by atoms with van der Waals surface area (Å²) in [4.78, 5) is 63.0. The van der Waals surface area contributed by atoms with Crippen LogP contribution in [0.3, 0.4) is 0 Å². The predicted molar refractivity (Wildman–Crippen MR) is 153 cm³/mol. The van der Waals surface area contributed by atoms with Crippen molar-refractivity contribution >= 4 is 40.5 Å². The number of hydrogen-bond donors (Lipinski definition) is 6. The second-order valence-corrected chi connectivity index (χ2v) is 11.4. The number of alkyl halides is 2. The Morgan fingerprint density at radius 2 is 1.56 bits per heavy atom. The van der Waals surface area contributed by atoms with Crippen LogP contribution < -0.4 is 27.0 Å². The second-order valence-electron chi connectivity index (χ2n) is 11.4. The van der Waals surface area contributed by atoms with Crippen molar-refractivity contribution in [3.63, 3.8) is 0 Å². The summed E-state index contributed by atoms with van der Waals surface area (Å²) in [5.74, 6) is -6.34. The van der Waals surface area contributed by atoms with Crippen molar-refractivity contribution in [3.8, 4) is 0 Å². The molecule has 11 nitrogen and oxygen atoms in total. The molecule has 0 bridgehead atoms. The fraction of sp³-hybridized carbons (Fsp3) is 0.500. The van der Waals surface area contributed by atoms with E-state index in [2.05, 4.69) is 21.3 Å². The highest BCUT2D eigenvalue weighted by Gasteiger charge is 2.38. The van der Waals surface area contributed by atoms with E-state index in [0.29, 0.717) is 18.5 Å². The van der Waals surface area contributed by atoms with Crippen LogP contribution in [-0.2, 0) is 25.6 Å². The lowest BCUT2D eigenvalue weighted by atomic mass is 9.82. The molecule has 13 heteroatoms. The number of halogens is 2. The zero-order valence-corrected chi connectivity index (χ0v) is 23.6. The summed E-state index contributed by atoms with van der Waals surface area (Å²) in [6.07, 6.45) is -1.50. The van der Waals surface area contributed by atoms with E-state index >= 15 is 0 Å². The number of nitrogens with one attached hydrogen (secondary N) is 4. The molecule has 4 rings (SSSR count). The van der Waals surface area contributed by atoms with Crippen molar-refractivity contribution in [2.24, 2.45) is 17.6 Å². The first kappa shape index (κ1) is 31.6. The van der Waals surface area contributed by atoms with Crippen LogP contribution in [-0.4, -0.2) is 65.4 Å². The fourth-order valence-corrected chi connectivity index (χ4v) is 5.89. The highest BCUT2D eigenvalue weighted by molar-refractivity contribution is 5.94. The number of nitrogens with two attached hydrogens (primary N) is 1. The van der Waals surface area contributed by atoms with E-state index < -0.39 is 53.8 Å². The maximum atomic E-state index is 13.8. The minimum atomic E-state index is -2.80. The number of carboxylic acid groups (broad SMARTS) is 1. The molecule has 4 atom stereocenters. The van der Waals surface area contributed by atoms with E-state index in [4.69, 9.17) is 5.73 Å². The lowest BCUT2D eigenvalue weighted by Gasteiger charge is -2.31. The third-order valence-corrected chi connectivity index (χ3v) is 8.30. The number of rotatable bonds is 12. The molecule has 2 aliphatic rings. The van der Waals surface area contributed by atoms with Gasteiger partial charge in [0.15, 0.2) is 0 Å². The molecule has 1 aliphatic heterocycles. The van der Waals surface area contributed by atoms with Crippen molar-refractivity contribution in [3.05, 3.63) is 48.0 Å². The Morgan fingerprint density at radius 3 is 2.21 bits per heavy atom. The van der Waals surface area contributed by atoms with Crippen LogP contribution in [0.5, 0.6) is 0 Å². The molecule has 1 saturated carbocycles. The van der Waals surface area contributed by atoms with E-state index in [1.54, 1.807) is 12.1 Å². The summed E-state index contributed by atoms with van der Waals surface area (Å²) >= 11 is 0. The summed E-state index contributed by atoms with van der Waals surface area (Å²) in [6, 6.07) is 9.10. The normalized spacial score (nSPS) is 20.4. The molecule has 5 amide bonds. The van der Waals surface area contributed by atoms with Crippen LogP contribution in [0.2, 0.25) is 0 Å². The Morgan fingerprint density at radius 1 is 0.907 bits per heavy atom. The van der Waals surface area contributed by atoms with Gasteiger partial charge in [0.1, 0.15) is 18.1 Å². The van der Waals surface area contributed by atoms with E-state index in [1.807, 2.05) is 30.3 Å². The quantitative estimate of drug-likeness (QED) is 0.217. The zero-order valence-electron chi connectivity index (χ0n) is 23.6. The third kappa shape index (κ3) is 8.62. The average Bonchev–Trinajstić information content (AvgIpc) is 3.36. The SMILES string of the molecule is NC(=O)[C@H](C[C@@H]1CCNC1=O)NC(=O)C(CC1CCC(F)(F)CC1)NC(=O)[C@H](Cc1cccc2ccccc12)NC(=O)O. The summed E-state index contributed by atoms with van der Waals surface area (Å²) in [6.45, 7) is 0.433. The van der Waals surface area contributed by atoms with Crippen molar-refractivity contribution < 1.29 is 37.9 Å². The number of primary amides is 1. The van der Waals surface area contributed by atoms with Crippen LogP contribution in [0.4, 0.5) is 13.6 Å². The number of fused-ring (bicyclic) bond motifs is 1. The zero-order chi connectivity index (χ0) is 31.1. The van der Waals surface area contributed by atoms with Crippen LogP contribution in [0.15, 0.2) is 42.5 Å². The van der Waals surface area contributed by atoms with Gasteiger partial charge in [-0.05, 0) is 54.4 Å². The van der Waals surface area contributed by atoms with Gasteiger partial charge in [-0.3, -0.25) is 19.2 Å². The van der Waals surface area contributed by atoms with Gasteiger partial charge < -0.3 is 32.1 Å². The van der Waals surface area contributed by atoms with Crippen LogP contribution in [0, 0.1) is 11.8 Å². The minimum Gasteiger partial charge on any atom is -0.465 e.